The van der Waals surface area contributed by atoms with E-state index in [4.69, 9.17) is 20.9 Å². The minimum atomic E-state index is -0.503. The Labute approximate surface area is 159 Å². The van der Waals surface area contributed by atoms with Gasteiger partial charge in [0.15, 0.2) is 5.58 Å². The van der Waals surface area contributed by atoms with Crippen molar-refractivity contribution in [1.82, 2.24) is 5.16 Å². The molecule has 0 radical (unpaired) electrons. The van der Waals surface area contributed by atoms with E-state index in [0.717, 1.165) is 5.39 Å². The van der Waals surface area contributed by atoms with Gasteiger partial charge in [0.2, 0.25) is 0 Å². The number of rotatable bonds is 4. The average molecular weight is 382 g/mol. The minimum absolute atomic E-state index is 0.290. The highest BCUT2D eigenvalue weighted by molar-refractivity contribution is 6.30. The predicted octanol–water partition coefficient (Wildman–Crippen LogP) is 5.43. The summed E-state index contributed by atoms with van der Waals surface area (Å²) in [5.41, 5.74) is 2.00. The Balaban J connectivity index is 1.56. The lowest BCUT2D eigenvalue weighted by molar-refractivity contribution is 0.0735. The number of hydrogen-bond acceptors (Lipinski definition) is 4. The highest BCUT2D eigenvalue weighted by atomic mass is 35.5. The number of esters is 1. The summed E-state index contributed by atoms with van der Waals surface area (Å²) in [6.45, 7) is 0. The zero-order chi connectivity index (χ0) is 18.8. The molecule has 0 aliphatic carbocycles. The zero-order valence-corrected chi connectivity index (χ0v) is 14.7. The van der Waals surface area contributed by atoms with Crippen molar-refractivity contribution in [2.45, 2.75) is 6.42 Å². The molecule has 0 saturated carbocycles. The molecule has 0 spiro atoms. The van der Waals surface area contributed by atoms with Gasteiger partial charge in [0.1, 0.15) is 11.6 Å². The fourth-order valence-electron chi connectivity index (χ4n) is 2.74. The van der Waals surface area contributed by atoms with Gasteiger partial charge in [-0.1, -0.05) is 35.0 Å². The van der Waals surface area contributed by atoms with Gasteiger partial charge in [-0.2, -0.15) is 0 Å². The monoisotopic (exact) mass is 381 g/mol. The van der Waals surface area contributed by atoms with Crippen LogP contribution in [0.15, 0.2) is 71.3 Å². The van der Waals surface area contributed by atoms with Gasteiger partial charge in [0, 0.05) is 22.9 Å². The molecule has 0 aliphatic rings. The molecule has 0 amide bonds. The molecule has 1 heterocycles. The number of ether oxygens (including phenoxy) is 1. The van der Waals surface area contributed by atoms with Crippen LogP contribution in [0.4, 0.5) is 4.39 Å². The van der Waals surface area contributed by atoms with Gasteiger partial charge < -0.3 is 9.26 Å². The second kappa shape index (κ2) is 7.21. The van der Waals surface area contributed by atoms with Crippen molar-refractivity contribution >= 4 is 28.5 Å². The average Bonchev–Trinajstić information content (AvgIpc) is 3.06. The third-order valence-electron chi connectivity index (χ3n) is 4.12. The number of benzene rings is 3. The summed E-state index contributed by atoms with van der Waals surface area (Å²) in [6.07, 6.45) is 0.309. The van der Waals surface area contributed by atoms with Crippen molar-refractivity contribution in [3.63, 3.8) is 0 Å². The lowest BCUT2D eigenvalue weighted by atomic mass is 10.1. The van der Waals surface area contributed by atoms with E-state index in [1.165, 1.54) is 6.07 Å². The van der Waals surface area contributed by atoms with E-state index < -0.39 is 5.97 Å². The number of carbonyl (C=O) groups excluding carboxylic acids is 1. The molecule has 0 N–H and O–H groups in total. The quantitative estimate of drug-likeness (QED) is 0.349. The number of carbonyl (C=O) groups is 1. The van der Waals surface area contributed by atoms with Gasteiger partial charge in [-0.25, -0.2) is 9.18 Å². The van der Waals surface area contributed by atoms with Crippen molar-refractivity contribution in [3.05, 3.63) is 94.4 Å². The molecular weight excluding hydrogens is 369 g/mol. The second-order valence-corrected chi connectivity index (χ2v) is 6.39. The maximum Gasteiger partial charge on any atom is 0.343 e. The molecule has 0 bridgehead atoms. The summed E-state index contributed by atoms with van der Waals surface area (Å²) in [5, 5.41) is 5.30. The maximum atomic E-state index is 13.9. The van der Waals surface area contributed by atoms with Crippen molar-refractivity contribution in [2.24, 2.45) is 0 Å². The van der Waals surface area contributed by atoms with E-state index in [1.807, 2.05) is 0 Å². The van der Waals surface area contributed by atoms with E-state index in [-0.39, 0.29) is 5.82 Å². The van der Waals surface area contributed by atoms with Gasteiger partial charge in [-0.15, -0.1) is 0 Å². The second-order valence-electron chi connectivity index (χ2n) is 5.95. The molecule has 4 nitrogen and oxygen atoms in total. The summed E-state index contributed by atoms with van der Waals surface area (Å²) in [5.74, 6) is -0.463. The van der Waals surface area contributed by atoms with E-state index >= 15 is 0 Å². The van der Waals surface area contributed by atoms with E-state index in [1.54, 1.807) is 60.7 Å². The molecule has 4 aromatic rings. The van der Waals surface area contributed by atoms with E-state index in [0.29, 0.717) is 39.6 Å². The number of hydrogen-bond donors (Lipinski definition) is 0. The minimum Gasteiger partial charge on any atom is -0.423 e. The van der Waals surface area contributed by atoms with Crippen molar-refractivity contribution in [1.29, 1.82) is 0 Å². The largest absolute Gasteiger partial charge is 0.423 e. The molecule has 6 heteroatoms. The third-order valence-corrected chi connectivity index (χ3v) is 4.38. The smallest absolute Gasteiger partial charge is 0.343 e. The van der Waals surface area contributed by atoms with Crippen LogP contribution in [0.3, 0.4) is 0 Å². The van der Waals surface area contributed by atoms with Gasteiger partial charge >= 0.3 is 5.97 Å². The molecule has 0 atom stereocenters. The molecule has 1 aromatic heterocycles. The molecular formula is C21H13ClFNO3. The molecule has 0 saturated heterocycles. The zero-order valence-electron chi connectivity index (χ0n) is 14.0. The Morgan fingerprint density at radius 1 is 1.07 bits per heavy atom. The topological polar surface area (TPSA) is 52.3 Å². The highest BCUT2D eigenvalue weighted by Crippen LogP contribution is 2.26. The van der Waals surface area contributed by atoms with Crippen LogP contribution in [0.25, 0.3) is 11.0 Å². The summed E-state index contributed by atoms with van der Waals surface area (Å²) < 4.78 is 24.5. The first-order valence-corrected chi connectivity index (χ1v) is 8.57. The van der Waals surface area contributed by atoms with Crippen LogP contribution in [0, 0.1) is 5.82 Å². The van der Waals surface area contributed by atoms with Crippen molar-refractivity contribution in [3.8, 4) is 5.75 Å². The van der Waals surface area contributed by atoms with Crippen LogP contribution in [0.5, 0.6) is 5.75 Å². The Hall–Kier alpha value is -3.18. The predicted molar refractivity (Wildman–Crippen MR) is 99.6 cm³/mol. The molecule has 27 heavy (non-hydrogen) atoms. The Morgan fingerprint density at radius 3 is 2.63 bits per heavy atom. The van der Waals surface area contributed by atoms with Gasteiger partial charge in [0.25, 0.3) is 0 Å². The molecule has 0 aliphatic heterocycles. The fraction of sp³-hybridized carbons (Fsp3) is 0.0476. The van der Waals surface area contributed by atoms with Crippen LogP contribution >= 0.6 is 11.6 Å². The lowest BCUT2D eigenvalue weighted by Crippen LogP contribution is -2.08. The van der Waals surface area contributed by atoms with Crippen LogP contribution in [0.2, 0.25) is 5.02 Å². The van der Waals surface area contributed by atoms with Gasteiger partial charge in [0.05, 0.1) is 11.3 Å². The molecule has 0 unspecified atom stereocenters. The summed E-state index contributed by atoms with van der Waals surface area (Å²) in [6, 6.07) is 17.9. The Kier molecular flexibility index (Phi) is 4.60. The first-order chi connectivity index (χ1) is 13.1. The number of fused-ring (bicyclic) bond motifs is 1. The van der Waals surface area contributed by atoms with Crippen molar-refractivity contribution < 1.29 is 18.4 Å². The Morgan fingerprint density at radius 2 is 1.85 bits per heavy atom. The number of halogens is 2. The van der Waals surface area contributed by atoms with Crippen LogP contribution in [-0.4, -0.2) is 11.1 Å². The van der Waals surface area contributed by atoms with E-state index in [9.17, 15) is 9.18 Å². The normalized spacial score (nSPS) is 10.9. The summed E-state index contributed by atoms with van der Waals surface area (Å²) in [4.78, 5) is 12.2. The standard InChI is InChI=1S/C21H13ClFNO3/c22-15-7-5-13(6-8-15)21(25)26-16-9-10-17-19(24-27-20(17)12-16)11-14-3-1-2-4-18(14)23/h1-10,12H,11H2. The Bertz CT molecular complexity index is 1120. The summed E-state index contributed by atoms with van der Waals surface area (Å²) in [7, 11) is 0. The molecule has 3 aromatic carbocycles. The SMILES string of the molecule is O=C(Oc1ccc2c(Cc3ccccc3F)noc2c1)c1ccc(Cl)cc1. The lowest BCUT2D eigenvalue weighted by Gasteiger charge is -2.04. The summed E-state index contributed by atoms with van der Waals surface area (Å²) >= 11 is 5.82. The maximum absolute atomic E-state index is 13.9. The number of aromatic nitrogens is 1. The van der Waals surface area contributed by atoms with Crippen LogP contribution in [-0.2, 0) is 6.42 Å². The first-order valence-electron chi connectivity index (χ1n) is 8.19. The van der Waals surface area contributed by atoms with Crippen LogP contribution in [0.1, 0.15) is 21.6 Å². The third kappa shape index (κ3) is 3.68. The highest BCUT2D eigenvalue weighted by Gasteiger charge is 2.14. The number of nitrogens with zero attached hydrogens (tertiary/aromatic N) is 1. The molecule has 134 valence electrons. The van der Waals surface area contributed by atoms with Crippen LogP contribution < -0.4 is 4.74 Å². The van der Waals surface area contributed by atoms with Gasteiger partial charge in [-0.3, -0.25) is 0 Å². The molecule has 0 fully saturated rings. The van der Waals surface area contributed by atoms with E-state index in [2.05, 4.69) is 5.16 Å². The molecule has 4 rings (SSSR count). The van der Waals surface area contributed by atoms with Gasteiger partial charge in [-0.05, 0) is 48.0 Å². The van der Waals surface area contributed by atoms with Crippen molar-refractivity contribution in [2.75, 3.05) is 0 Å². The fourth-order valence-corrected chi connectivity index (χ4v) is 2.86. The first kappa shape index (κ1) is 17.2.